The maximum Gasteiger partial charge on any atom is 0.333 e. The molecule has 0 fully saturated rings. The van der Waals surface area contributed by atoms with Gasteiger partial charge in [0.1, 0.15) is 0 Å². The molecule has 0 aliphatic rings. The van der Waals surface area contributed by atoms with E-state index < -0.39 is 18.5 Å². The van der Waals surface area contributed by atoms with Crippen molar-refractivity contribution in [3.05, 3.63) is 24.8 Å². The molecule has 0 atom stereocenters. The molecule has 0 spiro atoms. The number of rotatable bonds is 3. The van der Waals surface area contributed by atoms with Crippen LogP contribution in [0.5, 0.6) is 0 Å². The summed E-state index contributed by atoms with van der Waals surface area (Å²) < 4.78 is 0. The number of aliphatic hydroxyl groups is 1. The molecule has 1 amide bonds. The van der Waals surface area contributed by atoms with Crippen molar-refractivity contribution < 1.29 is 19.8 Å². The molecular formula is C7H11NO4. The summed E-state index contributed by atoms with van der Waals surface area (Å²) in [5.41, 5.74) is 4.35. The van der Waals surface area contributed by atoms with Gasteiger partial charge in [0.05, 0.1) is 12.2 Å². The number of hydrogen-bond donors (Lipinski definition) is 3. The lowest BCUT2D eigenvalue weighted by Gasteiger charge is -1.87. The Hall–Kier alpha value is -1.62. The van der Waals surface area contributed by atoms with Gasteiger partial charge in [-0.15, -0.1) is 0 Å². The molecule has 5 heteroatoms. The first-order valence-corrected chi connectivity index (χ1v) is 2.89. The average Bonchev–Trinajstić information content (AvgIpc) is 2.04. The Morgan fingerprint density at radius 3 is 1.83 bits per heavy atom. The van der Waals surface area contributed by atoms with Gasteiger partial charge in [-0.05, 0) is 6.08 Å². The lowest BCUT2D eigenvalue weighted by Crippen LogP contribution is -2.04. The number of aliphatic hydroxyl groups excluding tert-OH is 1. The van der Waals surface area contributed by atoms with Crippen LogP contribution in [0, 0.1) is 0 Å². The van der Waals surface area contributed by atoms with Crippen molar-refractivity contribution in [1.29, 1.82) is 0 Å². The zero-order chi connectivity index (χ0) is 10.1. The van der Waals surface area contributed by atoms with Crippen molar-refractivity contribution in [2.24, 2.45) is 5.73 Å². The summed E-state index contributed by atoms with van der Waals surface area (Å²) in [6, 6.07) is 0. The Morgan fingerprint density at radius 1 is 1.50 bits per heavy atom. The Labute approximate surface area is 69.8 Å². The van der Waals surface area contributed by atoms with Gasteiger partial charge in [-0.3, -0.25) is 4.79 Å². The van der Waals surface area contributed by atoms with E-state index in [1.165, 1.54) is 0 Å². The Balaban J connectivity index is 0. The third kappa shape index (κ3) is 11.2. The van der Waals surface area contributed by atoms with Crippen LogP contribution in [-0.2, 0) is 9.59 Å². The molecule has 12 heavy (non-hydrogen) atoms. The van der Waals surface area contributed by atoms with Crippen molar-refractivity contribution >= 4 is 11.9 Å². The molecule has 0 heterocycles. The molecule has 5 nitrogen and oxygen atoms in total. The van der Waals surface area contributed by atoms with Gasteiger partial charge in [0.15, 0.2) is 0 Å². The van der Waals surface area contributed by atoms with E-state index in [0.717, 1.165) is 6.08 Å². The number of nitrogens with two attached hydrogens (primary N) is 1. The molecule has 4 N–H and O–H groups in total. The molecule has 0 radical (unpaired) electrons. The molecule has 68 valence electrons. The first-order valence-electron chi connectivity index (χ1n) is 2.89. The number of aliphatic carboxylic acids is 1. The van der Waals surface area contributed by atoms with Crippen molar-refractivity contribution in [2.45, 2.75) is 0 Å². The summed E-state index contributed by atoms with van der Waals surface area (Å²) in [5, 5.41) is 15.9. The lowest BCUT2D eigenvalue weighted by molar-refractivity contribution is -0.133. The quantitative estimate of drug-likeness (QED) is 0.490. The highest BCUT2D eigenvalue weighted by molar-refractivity contribution is 5.85. The molecule has 0 saturated carbocycles. The summed E-state index contributed by atoms with van der Waals surface area (Å²) in [5.74, 6) is -1.63. The molecule has 0 rings (SSSR count). The van der Waals surface area contributed by atoms with Crippen LogP contribution in [0.25, 0.3) is 0 Å². The second kappa shape index (κ2) is 7.49. The van der Waals surface area contributed by atoms with Crippen molar-refractivity contribution in [3.63, 3.8) is 0 Å². The van der Waals surface area contributed by atoms with E-state index in [9.17, 15) is 9.59 Å². The third-order valence-corrected chi connectivity index (χ3v) is 0.694. The van der Waals surface area contributed by atoms with Crippen molar-refractivity contribution in [3.8, 4) is 0 Å². The van der Waals surface area contributed by atoms with Crippen LogP contribution in [0.2, 0.25) is 0 Å². The van der Waals surface area contributed by atoms with E-state index in [1.54, 1.807) is 0 Å². The maximum absolute atomic E-state index is 9.67. The molecule has 0 unspecified atom stereocenters. The molecule has 0 aromatic heterocycles. The normalized spacial score (nSPS) is 7.42. The van der Waals surface area contributed by atoms with Crippen LogP contribution < -0.4 is 5.73 Å². The highest BCUT2D eigenvalue weighted by atomic mass is 16.4. The minimum Gasteiger partial charge on any atom is -0.478 e. The summed E-state index contributed by atoms with van der Waals surface area (Å²) >= 11 is 0. The van der Waals surface area contributed by atoms with Gasteiger partial charge in [0.2, 0.25) is 5.91 Å². The number of hydrogen-bond acceptors (Lipinski definition) is 3. The molecule has 0 aromatic carbocycles. The van der Waals surface area contributed by atoms with E-state index in [-0.39, 0.29) is 5.57 Å². The van der Waals surface area contributed by atoms with Crippen LogP contribution in [0.1, 0.15) is 0 Å². The van der Waals surface area contributed by atoms with Crippen LogP contribution in [-0.4, -0.2) is 28.7 Å². The van der Waals surface area contributed by atoms with Crippen LogP contribution in [0.4, 0.5) is 0 Å². The highest BCUT2D eigenvalue weighted by Gasteiger charge is 1.97. The van der Waals surface area contributed by atoms with E-state index >= 15 is 0 Å². The zero-order valence-corrected chi connectivity index (χ0v) is 6.49. The second-order valence-corrected chi connectivity index (χ2v) is 1.67. The number of amides is 1. The van der Waals surface area contributed by atoms with Gasteiger partial charge in [0.25, 0.3) is 0 Å². The fourth-order valence-electron chi connectivity index (χ4n) is 0.0676. The van der Waals surface area contributed by atoms with Gasteiger partial charge in [-0.25, -0.2) is 4.79 Å². The molecule has 0 saturated heterocycles. The molecular weight excluding hydrogens is 162 g/mol. The van der Waals surface area contributed by atoms with Crippen molar-refractivity contribution in [1.82, 2.24) is 0 Å². The Kier molecular flexibility index (Phi) is 8.11. The monoisotopic (exact) mass is 173 g/mol. The van der Waals surface area contributed by atoms with E-state index in [4.69, 9.17) is 10.2 Å². The van der Waals surface area contributed by atoms with Crippen molar-refractivity contribution in [2.75, 3.05) is 6.61 Å². The summed E-state index contributed by atoms with van der Waals surface area (Å²) in [7, 11) is 0. The van der Waals surface area contributed by atoms with Crippen LogP contribution in [0.15, 0.2) is 24.8 Å². The summed E-state index contributed by atoms with van der Waals surface area (Å²) in [4.78, 5) is 19.1. The topological polar surface area (TPSA) is 101 Å². The largest absolute Gasteiger partial charge is 0.478 e. The minimum absolute atomic E-state index is 0.181. The van der Waals surface area contributed by atoms with Crippen LogP contribution in [0.3, 0.4) is 0 Å². The summed E-state index contributed by atoms with van der Waals surface area (Å²) in [6.07, 6.45) is 1.06. The first-order chi connectivity index (χ1) is 5.45. The molecule has 0 aromatic rings. The molecule has 0 aliphatic carbocycles. The van der Waals surface area contributed by atoms with E-state index in [2.05, 4.69) is 18.9 Å². The van der Waals surface area contributed by atoms with Gasteiger partial charge in [-0.2, -0.15) is 0 Å². The van der Waals surface area contributed by atoms with Gasteiger partial charge in [0, 0.05) is 0 Å². The molecule has 0 bridgehead atoms. The minimum atomic E-state index is -1.15. The first kappa shape index (κ1) is 13.0. The number of carboxylic acid groups (broad SMARTS) is 1. The smallest absolute Gasteiger partial charge is 0.333 e. The SMILES string of the molecule is C=C(CO)C(=O)O.C=CC(N)=O. The molecule has 0 aliphatic heterocycles. The standard InChI is InChI=1S/C4H6O3.C3H5NO/c1-3(2-5)4(6)7;1-2-3(4)5/h5H,1-2H2,(H,6,7);2H,1H2,(H2,4,5). The average molecular weight is 173 g/mol. The van der Waals surface area contributed by atoms with Gasteiger partial charge in [-0.1, -0.05) is 13.2 Å². The predicted octanol–water partition coefficient (Wildman–Crippen LogP) is -0.723. The second-order valence-electron chi connectivity index (χ2n) is 1.67. The Morgan fingerprint density at radius 2 is 1.83 bits per heavy atom. The number of carbonyl (C=O) groups is 2. The predicted molar refractivity (Wildman–Crippen MR) is 43.3 cm³/mol. The highest BCUT2D eigenvalue weighted by Crippen LogP contribution is 1.83. The lowest BCUT2D eigenvalue weighted by atomic mass is 10.3. The van der Waals surface area contributed by atoms with E-state index in [1.807, 2.05) is 0 Å². The zero-order valence-electron chi connectivity index (χ0n) is 6.49. The van der Waals surface area contributed by atoms with Gasteiger partial charge >= 0.3 is 5.97 Å². The number of carboxylic acids is 1. The number of primary amides is 1. The third-order valence-electron chi connectivity index (χ3n) is 0.694. The maximum atomic E-state index is 9.67. The van der Waals surface area contributed by atoms with Crippen LogP contribution >= 0.6 is 0 Å². The van der Waals surface area contributed by atoms with Gasteiger partial charge < -0.3 is 15.9 Å². The Bertz CT molecular complexity index is 198. The van der Waals surface area contributed by atoms with E-state index in [0.29, 0.717) is 0 Å². The fraction of sp³-hybridized carbons (Fsp3) is 0.143. The summed E-state index contributed by atoms with van der Waals surface area (Å²) in [6.45, 7) is 5.63. The number of carbonyl (C=O) groups excluding carboxylic acids is 1. The fourth-order valence-corrected chi connectivity index (χ4v) is 0.0676.